The first-order valence-electron chi connectivity index (χ1n) is 7.80. The van der Waals surface area contributed by atoms with Gasteiger partial charge >= 0.3 is 5.97 Å². The van der Waals surface area contributed by atoms with Gasteiger partial charge in [-0.2, -0.15) is 0 Å². The summed E-state index contributed by atoms with van der Waals surface area (Å²) in [7, 11) is 0. The van der Waals surface area contributed by atoms with Crippen LogP contribution in [0.4, 0.5) is 11.5 Å². The summed E-state index contributed by atoms with van der Waals surface area (Å²) in [6.07, 6.45) is 1.59. The molecule has 2 rings (SSSR count). The number of carbonyl (C=O) groups is 2. The second-order valence-corrected chi connectivity index (χ2v) is 5.48. The molecule has 2 aromatic rings. The van der Waals surface area contributed by atoms with Crippen LogP contribution in [0.2, 0.25) is 0 Å². The minimum Gasteiger partial charge on any atom is -0.462 e. The molecule has 0 spiro atoms. The summed E-state index contributed by atoms with van der Waals surface area (Å²) in [6, 6.07) is 10.1. The SMILES string of the molecule is CCOC(=O)c1ccc(NC(=O)c2ccnc(NC(C)C)c2)cc1. The van der Waals surface area contributed by atoms with Crippen LogP contribution in [0, 0.1) is 0 Å². The molecular formula is C18H21N3O3. The number of nitrogens with one attached hydrogen (secondary N) is 2. The van der Waals surface area contributed by atoms with Crippen LogP contribution in [-0.4, -0.2) is 29.5 Å². The van der Waals surface area contributed by atoms with E-state index in [1.807, 2.05) is 13.8 Å². The molecule has 6 heteroatoms. The highest BCUT2D eigenvalue weighted by Crippen LogP contribution is 2.14. The van der Waals surface area contributed by atoms with Crippen molar-refractivity contribution in [3.63, 3.8) is 0 Å². The van der Waals surface area contributed by atoms with Gasteiger partial charge in [0.25, 0.3) is 5.91 Å². The Morgan fingerprint density at radius 1 is 1.12 bits per heavy atom. The molecule has 0 aliphatic rings. The third-order valence-corrected chi connectivity index (χ3v) is 3.11. The minimum absolute atomic E-state index is 0.228. The molecule has 0 fully saturated rings. The lowest BCUT2D eigenvalue weighted by molar-refractivity contribution is 0.0526. The molecule has 0 aliphatic carbocycles. The lowest BCUT2D eigenvalue weighted by Crippen LogP contribution is -2.15. The van der Waals surface area contributed by atoms with E-state index in [9.17, 15) is 9.59 Å². The average molecular weight is 327 g/mol. The predicted octanol–water partition coefficient (Wildman–Crippen LogP) is 3.33. The number of carbonyl (C=O) groups excluding carboxylic acids is 2. The Balaban J connectivity index is 2.05. The van der Waals surface area contributed by atoms with Gasteiger partial charge in [-0.3, -0.25) is 4.79 Å². The maximum atomic E-state index is 12.3. The maximum Gasteiger partial charge on any atom is 0.338 e. The van der Waals surface area contributed by atoms with Crippen LogP contribution in [0.1, 0.15) is 41.5 Å². The molecular weight excluding hydrogens is 306 g/mol. The number of amides is 1. The summed E-state index contributed by atoms with van der Waals surface area (Å²) in [5.41, 5.74) is 1.55. The summed E-state index contributed by atoms with van der Waals surface area (Å²) < 4.78 is 4.92. The van der Waals surface area contributed by atoms with E-state index in [0.29, 0.717) is 29.2 Å². The number of anilines is 2. The van der Waals surface area contributed by atoms with Crippen LogP contribution in [0.25, 0.3) is 0 Å². The lowest BCUT2D eigenvalue weighted by Gasteiger charge is -2.10. The van der Waals surface area contributed by atoms with Crippen molar-refractivity contribution in [2.75, 3.05) is 17.2 Å². The van der Waals surface area contributed by atoms with E-state index in [-0.39, 0.29) is 17.9 Å². The number of pyridine rings is 1. The monoisotopic (exact) mass is 327 g/mol. The lowest BCUT2D eigenvalue weighted by atomic mass is 10.2. The molecule has 0 radical (unpaired) electrons. The van der Waals surface area contributed by atoms with Crippen molar-refractivity contribution in [2.24, 2.45) is 0 Å². The number of esters is 1. The first-order chi connectivity index (χ1) is 11.5. The third-order valence-electron chi connectivity index (χ3n) is 3.11. The summed E-state index contributed by atoms with van der Waals surface area (Å²) in [5.74, 6) is 0.0253. The van der Waals surface area contributed by atoms with Gasteiger partial charge in [0.05, 0.1) is 12.2 Å². The molecule has 0 saturated carbocycles. The fraction of sp³-hybridized carbons (Fsp3) is 0.278. The van der Waals surface area contributed by atoms with Crippen LogP contribution < -0.4 is 10.6 Å². The van der Waals surface area contributed by atoms with Crippen molar-refractivity contribution in [3.8, 4) is 0 Å². The second kappa shape index (κ2) is 8.10. The van der Waals surface area contributed by atoms with Crippen LogP contribution >= 0.6 is 0 Å². The number of hydrogen-bond acceptors (Lipinski definition) is 5. The van der Waals surface area contributed by atoms with E-state index < -0.39 is 0 Å². The number of hydrogen-bond donors (Lipinski definition) is 2. The van der Waals surface area contributed by atoms with Gasteiger partial charge in [-0.15, -0.1) is 0 Å². The van der Waals surface area contributed by atoms with Gasteiger partial charge in [-0.25, -0.2) is 9.78 Å². The number of benzene rings is 1. The number of aromatic nitrogens is 1. The van der Waals surface area contributed by atoms with Crippen LogP contribution in [0.15, 0.2) is 42.6 Å². The fourth-order valence-electron chi connectivity index (χ4n) is 2.05. The molecule has 126 valence electrons. The molecule has 1 aromatic heterocycles. The van der Waals surface area contributed by atoms with E-state index in [0.717, 1.165) is 0 Å². The van der Waals surface area contributed by atoms with E-state index in [2.05, 4.69) is 15.6 Å². The first kappa shape index (κ1) is 17.5. The van der Waals surface area contributed by atoms with Gasteiger partial charge in [0.15, 0.2) is 0 Å². The Morgan fingerprint density at radius 3 is 2.46 bits per heavy atom. The van der Waals surface area contributed by atoms with Crippen molar-refractivity contribution in [1.29, 1.82) is 0 Å². The highest BCUT2D eigenvalue weighted by atomic mass is 16.5. The zero-order valence-electron chi connectivity index (χ0n) is 14.0. The van der Waals surface area contributed by atoms with Crippen LogP contribution in [-0.2, 0) is 4.74 Å². The molecule has 2 N–H and O–H groups in total. The van der Waals surface area contributed by atoms with Crippen molar-refractivity contribution < 1.29 is 14.3 Å². The minimum atomic E-state index is -0.381. The number of rotatable bonds is 6. The van der Waals surface area contributed by atoms with E-state index >= 15 is 0 Å². The van der Waals surface area contributed by atoms with Crippen molar-refractivity contribution in [3.05, 3.63) is 53.7 Å². The predicted molar refractivity (Wildman–Crippen MR) is 93.3 cm³/mol. The Bertz CT molecular complexity index is 712. The summed E-state index contributed by atoms with van der Waals surface area (Å²) >= 11 is 0. The van der Waals surface area contributed by atoms with Gasteiger partial charge in [-0.1, -0.05) is 0 Å². The molecule has 0 atom stereocenters. The first-order valence-corrected chi connectivity index (χ1v) is 7.80. The second-order valence-electron chi connectivity index (χ2n) is 5.48. The molecule has 0 unspecified atom stereocenters. The Kier molecular flexibility index (Phi) is 5.89. The van der Waals surface area contributed by atoms with E-state index in [4.69, 9.17) is 4.74 Å². The van der Waals surface area contributed by atoms with Crippen LogP contribution in [0.5, 0.6) is 0 Å². The Morgan fingerprint density at radius 2 is 1.83 bits per heavy atom. The number of ether oxygens (including phenoxy) is 1. The maximum absolute atomic E-state index is 12.3. The topological polar surface area (TPSA) is 80.3 Å². The van der Waals surface area contributed by atoms with Crippen molar-refractivity contribution in [2.45, 2.75) is 26.8 Å². The molecule has 0 bridgehead atoms. The van der Waals surface area contributed by atoms with E-state index in [1.165, 1.54) is 0 Å². The largest absolute Gasteiger partial charge is 0.462 e. The van der Waals surface area contributed by atoms with Crippen molar-refractivity contribution in [1.82, 2.24) is 4.98 Å². The smallest absolute Gasteiger partial charge is 0.338 e. The quantitative estimate of drug-likeness (QED) is 0.796. The highest BCUT2D eigenvalue weighted by Gasteiger charge is 2.10. The fourth-order valence-corrected chi connectivity index (χ4v) is 2.05. The normalized spacial score (nSPS) is 10.3. The van der Waals surface area contributed by atoms with Gasteiger partial charge in [0.1, 0.15) is 5.82 Å². The standard InChI is InChI=1S/C18H21N3O3/c1-4-24-18(23)13-5-7-15(8-6-13)21-17(22)14-9-10-19-16(11-14)20-12(2)3/h5-12H,4H2,1-3H3,(H,19,20)(H,21,22). The molecule has 0 aliphatic heterocycles. The third kappa shape index (κ3) is 4.81. The summed E-state index contributed by atoms with van der Waals surface area (Å²) in [4.78, 5) is 28.1. The van der Waals surface area contributed by atoms with Gasteiger partial charge in [-0.05, 0) is 57.2 Å². The highest BCUT2D eigenvalue weighted by molar-refractivity contribution is 6.04. The zero-order valence-corrected chi connectivity index (χ0v) is 14.0. The molecule has 0 saturated heterocycles. The van der Waals surface area contributed by atoms with Crippen LogP contribution in [0.3, 0.4) is 0 Å². The molecule has 1 aromatic carbocycles. The van der Waals surface area contributed by atoms with E-state index in [1.54, 1.807) is 49.5 Å². The molecule has 24 heavy (non-hydrogen) atoms. The van der Waals surface area contributed by atoms with Gasteiger partial charge < -0.3 is 15.4 Å². The molecule has 6 nitrogen and oxygen atoms in total. The average Bonchev–Trinajstić information content (AvgIpc) is 2.55. The van der Waals surface area contributed by atoms with Gasteiger partial charge in [0, 0.05) is 23.5 Å². The Hall–Kier alpha value is -2.89. The van der Waals surface area contributed by atoms with Crippen molar-refractivity contribution >= 4 is 23.4 Å². The summed E-state index contributed by atoms with van der Waals surface area (Å²) in [6.45, 7) is 6.08. The number of nitrogens with zero attached hydrogens (tertiary/aromatic N) is 1. The molecule has 1 heterocycles. The zero-order chi connectivity index (χ0) is 17.5. The summed E-state index contributed by atoms with van der Waals surface area (Å²) in [5, 5.41) is 5.94. The Labute approximate surface area is 141 Å². The van der Waals surface area contributed by atoms with Gasteiger partial charge in [0.2, 0.25) is 0 Å². The molecule has 1 amide bonds.